The van der Waals surface area contributed by atoms with Crippen molar-refractivity contribution in [3.8, 4) is 0 Å². The molecule has 0 aromatic carbocycles. The Morgan fingerprint density at radius 3 is 2.71 bits per heavy atom. The summed E-state index contributed by atoms with van der Waals surface area (Å²) in [4.78, 5) is 22.9. The zero-order valence-electron chi connectivity index (χ0n) is 18.4. The van der Waals surface area contributed by atoms with Crippen LogP contribution in [0.3, 0.4) is 0 Å². The van der Waals surface area contributed by atoms with Gasteiger partial charge < -0.3 is 20.4 Å². The number of carbonyl (C=O) groups excluding carboxylic acids is 1. The van der Waals surface area contributed by atoms with Crippen molar-refractivity contribution in [3.63, 3.8) is 0 Å². The van der Waals surface area contributed by atoms with Gasteiger partial charge in [0.1, 0.15) is 0 Å². The van der Waals surface area contributed by atoms with Crippen LogP contribution in [0, 0.1) is 6.08 Å². The lowest BCUT2D eigenvalue weighted by Gasteiger charge is -2.20. The third-order valence-electron chi connectivity index (χ3n) is 4.79. The zero-order valence-corrected chi connectivity index (χ0v) is 18.4. The number of hydrogen-bond donors (Lipinski definition) is 2. The number of fused-ring (bicyclic) bond motifs is 1. The van der Waals surface area contributed by atoms with Gasteiger partial charge in [0.15, 0.2) is 17.0 Å². The average Bonchev–Trinajstić information content (AvgIpc) is 3.27. The highest BCUT2D eigenvalue weighted by Gasteiger charge is 2.21. The van der Waals surface area contributed by atoms with Crippen LogP contribution in [0.4, 0.5) is 20.7 Å². The summed E-state index contributed by atoms with van der Waals surface area (Å²) < 4.78 is 22.6. The number of anilines is 2. The first-order chi connectivity index (χ1) is 14.7. The second-order valence-corrected chi connectivity index (χ2v) is 8.26. The number of hydrogen-bond acceptors (Lipinski definition) is 7. The minimum atomic E-state index is -0.815. The van der Waals surface area contributed by atoms with Gasteiger partial charge in [0.25, 0.3) is 0 Å². The summed E-state index contributed by atoms with van der Waals surface area (Å²) in [6.07, 6.45) is 5.15. The number of nitrogens with two attached hydrogens (primary N) is 1. The van der Waals surface area contributed by atoms with E-state index in [4.69, 9.17) is 10.5 Å². The highest BCUT2D eigenvalue weighted by atomic mass is 19.1. The topological polar surface area (TPSA) is 126 Å². The van der Waals surface area contributed by atoms with Crippen LogP contribution in [-0.4, -0.2) is 42.0 Å². The van der Waals surface area contributed by atoms with Crippen LogP contribution < -0.4 is 11.1 Å². The predicted molar refractivity (Wildman–Crippen MR) is 115 cm³/mol. The molecule has 1 amide bonds. The summed E-state index contributed by atoms with van der Waals surface area (Å²) in [5.41, 5.74) is 7.18. The molecule has 11 heteroatoms. The lowest BCUT2D eigenvalue weighted by atomic mass is 10.1. The Kier molecular flexibility index (Phi) is 6.71. The van der Waals surface area contributed by atoms with Crippen LogP contribution >= 0.6 is 0 Å². The third-order valence-corrected chi connectivity index (χ3v) is 4.79. The van der Waals surface area contributed by atoms with E-state index in [1.54, 1.807) is 6.33 Å². The molecule has 3 aromatic rings. The van der Waals surface area contributed by atoms with Crippen LogP contribution in [-0.2, 0) is 23.2 Å². The van der Waals surface area contributed by atoms with E-state index in [1.807, 2.05) is 43.1 Å². The van der Waals surface area contributed by atoms with Crippen molar-refractivity contribution >= 4 is 28.8 Å². The van der Waals surface area contributed by atoms with E-state index in [2.05, 4.69) is 25.4 Å². The number of aromatic nitrogens is 6. The van der Waals surface area contributed by atoms with E-state index in [1.165, 1.54) is 0 Å². The molecule has 0 saturated carbocycles. The van der Waals surface area contributed by atoms with Gasteiger partial charge in [-0.3, -0.25) is 4.68 Å². The normalized spacial score (nSPS) is 11.8. The van der Waals surface area contributed by atoms with Gasteiger partial charge in [0.2, 0.25) is 0 Å². The molecule has 0 unspecified atom stereocenters. The van der Waals surface area contributed by atoms with Crippen LogP contribution in [0.5, 0.6) is 0 Å². The molecule has 3 heterocycles. The van der Waals surface area contributed by atoms with Crippen molar-refractivity contribution in [1.82, 2.24) is 29.3 Å². The second-order valence-electron chi connectivity index (χ2n) is 8.26. The number of carbonyl (C=O) groups is 1. The Balaban J connectivity index is 1.75. The van der Waals surface area contributed by atoms with E-state index >= 15 is 0 Å². The Labute approximate surface area is 180 Å². The van der Waals surface area contributed by atoms with Gasteiger partial charge in [-0.2, -0.15) is 19.5 Å². The number of rotatable bonds is 9. The molecular formula is C20H29FN8O2. The lowest BCUT2D eigenvalue weighted by Crippen LogP contribution is -2.21. The molecule has 0 aliphatic carbocycles. The maximum absolute atomic E-state index is 14.2. The molecule has 0 aliphatic heterocycles. The molecule has 0 bridgehead atoms. The number of unbranched alkanes of at least 4 members (excludes halogenated alkanes) is 2. The first-order valence-corrected chi connectivity index (χ1v) is 10.4. The molecular weight excluding hydrogens is 403 g/mol. The first-order valence-electron chi connectivity index (χ1n) is 10.4. The van der Waals surface area contributed by atoms with E-state index < -0.39 is 12.2 Å². The van der Waals surface area contributed by atoms with Crippen molar-refractivity contribution in [2.45, 2.75) is 65.5 Å². The number of ether oxygens (including phenoxy) is 1. The number of amides is 1. The van der Waals surface area contributed by atoms with Gasteiger partial charge in [-0.1, -0.05) is 6.92 Å². The zero-order chi connectivity index (χ0) is 22.6. The molecule has 10 nitrogen and oxygen atoms in total. The molecule has 0 saturated heterocycles. The smallest absolute Gasteiger partial charge is 0.404 e. The molecule has 168 valence electrons. The number of imidazole rings is 1. The van der Waals surface area contributed by atoms with E-state index in [9.17, 15) is 9.18 Å². The van der Waals surface area contributed by atoms with Gasteiger partial charge >= 0.3 is 12.2 Å². The molecule has 31 heavy (non-hydrogen) atoms. The van der Waals surface area contributed by atoms with Crippen LogP contribution in [0.25, 0.3) is 11.2 Å². The van der Waals surface area contributed by atoms with Gasteiger partial charge in [-0.15, -0.1) is 0 Å². The minimum Gasteiger partial charge on any atom is -0.450 e. The molecule has 0 spiro atoms. The van der Waals surface area contributed by atoms with Crippen molar-refractivity contribution < 1.29 is 13.9 Å². The fourth-order valence-electron chi connectivity index (χ4n) is 3.25. The van der Waals surface area contributed by atoms with Crippen molar-refractivity contribution in [2.75, 3.05) is 11.9 Å². The SMILES string of the molecule is CCc1nn(CCCCCOC(N)=O)cc1Nc1nc(F)nc2c1ncn2C(C)(C)C. The first kappa shape index (κ1) is 22.4. The van der Waals surface area contributed by atoms with Crippen molar-refractivity contribution in [1.29, 1.82) is 0 Å². The standard InChI is InChI=1S/C20H29FN8O2/c1-5-13-14(11-28(27-13)9-7-6-8-10-31-19(22)30)24-16-15-17(26-18(21)25-16)29(12-23-15)20(2,3)4/h11-12H,5-10H2,1-4H3,(H2,22,30)(H,24,25,26). The summed E-state index contributed by atoms with van der Waals surface area (Å²) in [7, 11) is 0. The van der Waals surface area contributed by atoms with Crippen LogP contribution in [0.2, 0.25) is 0 Å². The summed E-state index contributed by atoms with van der Waals surface area (Å²) in [6, 6.07) is 0. The van der Waals surface area contributed by atoms with E-state index in [0.29, 0.717) is 36.6 Å². The van der Waals surface area contributed by atoms with Gasteiger partial charge in [0, 0.05) is 18.3 Å². The largest absolute Gasteiger partial charge is 0.450 e. The highest BCUT2D eigenvalue weighted by Crippen LogP contribution is 2.27. The average molecular weight is 433 g/mol. The molecule has 3 aromatic heterocycles. The van der Waals surface area contributed by atoms with Gasteiger partial charge in [-0.05, 0) is 46.5 Å². The summed E-state index contributed by atoms with van der Waals surface area (Å²) >= 11 is 0. The number of nitrogens with zero attached hydrogens (tertiary/aromatic N) is 6. The van der Waals surface area contributed by atoms with Gasteiger partial charge in [0.05, 0.1) is 24.3 Å². The Morgan fingerprint density at radius 1 is 1.26 bits per heavy atom. The predicted octanol–water partition coefficient (Wildman–Crippen LogP) is 3.49. The molecule has 0 radical (unpaired) electrons. The van der Waals surface area contributed by atoms with E-state index in [-0.39, 0.29) is 5.54 Å². The van der Waals surface area contributed by atoms with Gasteiger partial charge in [-0.25, -0.2) is 9.78 Å². The monoisotopic (exact) mass is 432 g/mol. The third kappa shape index (κ3) is 5.47. The molecule has 3 rings (SSSR count). The number of aryl methyl sites for hydroxylation is 2. The Morgan fingerprint density at radius 2 is 2.03 bits per heavy atom. The quantitative estimate of drug-likeness (QED) is 0.391. The minimum absolute atomic E-state index is 0.297. The summed E-state index contributed by atoms with van der Waals surface area (Å²) in [6.45, 7) is 9.03. The summed E-state index contributed by atoms with van der Waals surface area (Å²) in [5, 5.41) is 7.80. The van der Waals surface area contributed by atoms with E-state index in [0.717, 1.165) is 30.6 Å². The summed E-state index contributed by atoms with van der Waals surface area (Å²) in [5.74, 6) is 0.309. The maximum Gasteiger partial charge on any atom is 0.404 e. The van der Waals surface area contributed by atoms with Crippen LogP contribution in [0.15, 0.2) is 12.5 Å². The highest BCUT2D eigenvalue weighted by molar-refractivity contribution is 5.85. The number of primary amides is 1. The lowest BCUT2D eigenvalue weighted by molar-refractivity contribution is 0.154. The fourth-order valence-corrected chi connectivity index (χ4v) is 3.25. The molecule has 0 atom stereocenters. The Hall–Kier alpha value is -3.24. The molecule has 3 N–H and O–H groups in total. The number of halogens is 1. The molecule has 0 fully saturated rings. The van der Waals surface area contributed by atoms with Crippen molar-refractivity contribution in [3.05, 3.63) is 24.3 Å². The molecule has 0 aliphatic rings. The number of nitrogens with one attached hydrogen (secondary N) is 1. The Bertz CT molecular complexity index is 1050. The second kappa shape index (κ2) is 9.27. The van der Waals surface area contributed by atoms with Crippen LogP contribution in [0.1, 0.15) is 52.7 Å². The van der Waals surface area contributed by atoms with Crippen molar-refractivity contribution in [2.24, 2.45) is 5.73 Å². The fraction of sp³-hybridized carbons (Fsp3) is 0.550. The maximum atomic E-state index is 14.2.